The van der Waals surface area contributed by atoms with Crippen LogP contribution in [0.4, 0.5) is 0 Å². The second kappa shape index (κ2) is 11.9. The Hall–Kier alpha value is -2.60. The van der Waals surface area contributed by atoms with Gasteiger partial charge in [0.05, 0.1) is 13.2 Å². The lowest BCUT2D eigenvalue weighted by molar-refractivity contribution is -0.138. The molecule has 0 unspecified atom stereocenters. The van der Waals surface area contributed by atoms with Gasteiger partial charge < -0.3 is 19.3 Å². The zero-order chi connectivity index (χ0) is 17.6. The van der Waals surface area contributed by atoms with Gasteiger partial charge in [-0.3, -0.25) is 0 Å². The van der Waals surface area contributed by atoms with Gasteiger partial charge in [0.1, 0.15) is 5.75 Å². The van der Waals surface area contributed by atoms with Gasteiger partial charge in [-0.15, -0.1) is 0 Å². The summed E-state index contributed by atoms with van der Waals surface area (Å²) < 4.78 is 15.1. The van der Waals surface area contributed by atoms with Crippen molar-refractivity contribution in [2.75, 3.05) is 26.4 Å². The number of phenolic OH excluding ortho intramolecular Hbond substituents is 1. The van der Waals surface area contributed by atoms with Crippen molar-refractivity contribution in [3.63, 3.8) is 0 Å². The molecule has 0 saturated carbocycles. The molecule has 0 bridgehead atoms. The molecule has 0 atom stereocenters. The van der Waals surface area contributed by atoms with Crippen LogP contribution < -0.4 is 0 Å². The maximum atomic E-state index is 11.5. The fourth-order valence-electron chi connectivity index (χ4n) is 1.63. The minimum absolute atomic E-state index is 0.175. The third-order valence-electron chi connectivity index (χ3n) is 2.83. The highest BCUT2D eigenvalue weighted by atomic mass is 16.5. The van der Waals surface area contributed by atoms with Crippen LogP contribution in [0.5, 0.6) is 5.75 Å². The molecule has 1 aromatic rings. The van der Waals surface area contributed by atoms with E-state index >= 15 is 0 Å². The summed E-state index contributed by atoms with van der Waals surface area (Å²) in [5, 5.41) is 9.15. The maximum absolute atomic E-state index is 11.5. The van der Waals surface area contributed by atoms with E-state index in [0.29, 0.717) is 32.7 Å². The molecule has 0 radical (unpaired) electrons. The fraction of sp³-hybridized carbons (Fsp3) is 0.333. The number of rotatable bonds is 11. The van der Waals surface area contributed by atoms with Crippen molar-refractivity contribution >= 4 is 18.0 Å². The lowest BCUT2D eigenvalue weighted by atomic mass is 10.2. The van der Waals surface area contributed by atoms with Gasteiger partial charge >= 0.3 is 11.9 Å². The third-order valence-corrected chi connectivity index (χ3v) is 2.83. The molecule has 1 N–H and O–H groups in total. The smallest absolute Gasteiger partial charge is 0.330 e. The van der Waals surface area contributed by atoms with Crippen molar-refractivity contribution in [1.82, 2.24) is 0 Å². The Morgan fingerprint density at radius 3 is 2.12 bits per heavy atom. The van der Waals surface area contributed by atoms with Crippen molar-refractivity contribution in [3.8, 4) is 5.75 Å². The fourth-order valence-corrected chi connectivity index (χ4v) is 1.63. The van der Waals surface area contributed by atoms with Crippen molar-refractivity contribution in [2.45, 2.75) is 12.8 Å². The van der Waals surface area contributed by atoms with Crippen LogP contribution in [-0.2, 0) is 23.8 Å². The van der Waals surface area contributed by atoms with Crippen LogP contribution in [0.25, 0.3) is 6.08 Å². The van der Waals surface area contributed by atoms with Crippen LogP contribution in [0, 0.1) is 0 Å². The molecule has 0 spiro atoms. The van der Waals surface area contributed by atoms with Crippen LogP contribution in [0.15, 0.2) is 43.0 Å². The van der Waals surface area contributed by atoms with Crippen molar-refractivity contribution in [2.24, 2.45) is 0 Å². The van der Waals surface area contributed by atoms with E-state index in [2.05, 4.69) is 6.58 Å². The summed E-state index contributed by atoms with van der Waals surface area (Å²) in [7, 11) is 0. The van der Waals surface area contributed by atoms with Gasteiger partial charge in [-0.2, -0.15) is 0 Å². The minimum Gasteiger partial charge on any atom is -0.508 e. The standard InChI is InChI=1S/C18H22O6/c1-2-17(20)23-13-3-11-22-12-4-14-24-18(21)10-7-15-5-8-16(19)9-6-15/h2,5-10,19H,1,3-4,11-14H2. The molecule has 0 aliphatic heterocycles. The Morgan fingerprint density at radius 2 is 1.54 bits per heavy atom. The van der Waals surface area contributed by atoms with E-state index < -0.39 is 11.9 Å². The minimum atomic E-state index is -0.442. The van der Waals surface area contributed by atoms with Gasteiger partial charge in [0, 0.05) is 38.2 Å². The van der Waals surface area contributed by atoms with Crippen molar-refractivity contribution in [3.05, 3.63) is 48.6 Å². The van der Waals surface area contributed by atoms with Crippen LogP contribution in [0.2, 0.25) is 0 Å². The number of benzene rings is 1. The SMILES string of the molecule is C=CC(=O)OCCCOCCCOC(=O)C=Cc1ccc(O)cc1. The molecule has 1 rings (SSSR count). The second-order valence-corrected chi connectivity index (χ2v) is 4.78. The molecule has 6 heteroatoms. The van der Waals surface area contributed by atoms with E-state index in [0.717, 1.165) is 11.6 Å². The Balaban J connectivity index is 2.00. The van der Waals surface area contributed by atoms with E-state index in [1.807, 2.05) is 0 Å². The molecule has 0 aliphatic carbocycles. The highest BCUT2D eigenvalue weighted by Gasteiger charge is 1.98. The normalized spacial score (nSPS) is 10.5. The van der Waals surface area contributed by atoms with Crippen LogP contribution in [-0.4, -0.2) is 43.5 Å². The number of carbonyl (C=O) groups is 2. The van der Waals surface area contributed by atoms with Gasteiger partial charge in [-0.25, -0.2) is 9.59 Å². The second-order valence-electron chi connectivity index (χ2n) is 4.78. The average molecular weight is 334 g/mol. The average Bonchev–Trinajstić information content (AvgIpc) is 2.59. The Kier molecular flexibility index (Phi) is 9.64. The molecular formula is C18H22O6. The molecule has 24 heavy (non-hydrogen) atoms. The molecule has 0 aromatic heterocycles. The monoisotopic (exact) mass is 334 g/mol. The van der Waals surface area contributed by atoms with Gasteiger partial charge in [-0.05, 0) is 23.8 Å². The predicted octanol–water partition coefficient (Wildman–Crippen LogP) is 2.47. The van der Waals surface area contributed by atoms with E-state index in [1.54, 1.807) is 30.3 Å². The zero-order valence-corrected chi connectivity index (χ0v) is 13.5. The summed E-state index contributed by atoms with van der Waals surface area (Å²) in [6.07, 6.45) is 5.26. The summed E-state index contributed by atoms with van der Waals surface area (Å²) in [4.78, 5) is 22.3. The summed E-state index contributed by atoms with van der Waals surface area (Å²) in [6, 6.07) is 6.47. The number of hydrogen-bond acceptors (Lipinski definition) is 6. The summed E-state index contributed by atoms with van der Waals surface area (Å²) in [6.45, 7) is 4.79. The quantitative estimate of drug-likeness (QED) is 0.380. The molecule has 1 aromatic carbocycles. The first kappa shape index (κ1) is 19.4. The van der Waals surface area contributed by atoms with E-state index in [1.165, 1.54) is 6.08 Å². The summed E-state index contributed by atoms with van der Waals surface area (Å²) >= 11 is 0. The largest absolute Gasteiger partial charge is 0.508 e. The number of phenols is 1. The number of carbonyl (C=O) groups excluding carboxylic acids is 2. The first-order valence-electron chi connectivity index (χ1n) is 7.62. The molecule has 130 valence electrons. The van der Waals surface area contributed by atoms with Crippen LogP contribution in [0.1, 0.15) is 18.4 Å². The van der Waals surface area contributed by atoms with E-state index in [4.69, 9.17) is 19.3 Å². The predicted molar refractivity (Wildman–Crippen MR) is 89.3 cm³/mol. The first-order chi connectivity index (χ1) is 11.6. The van der Waals surface area contributed by atoms with Crippen molar-refractivity contribution < 1.29 is 28.9 Å². The molecule has 0 amide bonds. The molecule has 6 nitrogen and oxygen atoms in total. The number of esters is 2. The Bertz CT molecular complexity index is 547. The Labute approximate surface area is 141 Å². The molecule has 0 fully saturated rings. The van der Waals surface area contributed by atoms with Crippen LogP contribution in [0.3, 0.4) is 0 Å². The van der Waals surface area contributed by atoms with Gasteiger partial charge in [-0.1, -0.05) is 18.7 Å². The Morgan fingerprint density at radius 1 is 0.958 bits per heavy atom. The lowest BCUT2D eigenvalue weighted by Gasteiger charge is -2.05. The van der Waals surface area contributed by atoms with Gasteiger partial charge in [0.15, 0.2) is 0 Å². The summed E-state index contributed by atoms with van der Waals surface area (Å²) in [5.74, 6) is -0.699. The first-order valence-corrected chi connectivity index (χ1v) is 7.62. The highest BCUT2D eigenvalue weighted by Crippen LogP contribution is 2.10. The topological polar surface area (TPSA) is 82.1 Å². The van der Waals surface area contributed by atoms with E-state index in [-0.39, 0.29) is 12.4 Å². The molecule has 0 saturated heterocycles. The number of hydrogen-bond donors (Lipinski definition) is 1. The van der Waals surface area contributed by atoms with Crippen molar-refractivity contribution in [1.29, 1.82) is 0 Å². The van der Waals surface area contributed by atoms with Gasteiger partial charge in [0.2, 0.25) is 0 Å². The highest BCUT2D eigenvalue weighted by molar-refractivity contribution is 5.87. The zero-order valence-electron chi connectivity index (χ0n) is 13.5. The van der Waals surface area contributed by atoms with Crippen LogP contribution >= 0.6 is 0 Å². The number of aromatic hydroxyl groups is 1. The lowest BCUT2D eigenvalue weighted by Crippen LogP contribution is -2.08. The molecule has 0 aliphatic rings. The summed E-state index contributed by atoms with van der Waals surface area (Å²) in [5.41, 5.74) is 0.797. The number of ether oxygens (including phenoxy) is 3. The molecular weight excluding hydrogens is 312 g/mol. The van der Waals surface area contributed by atoms with Gasteiger partial charge in [0.25, 0.3) is 0 Å². The third kappa shape index (κ3) is 9.42. The maximum Gasteiger partial charge on any atom is 0.330 e. The molecule has 0 heterocycles. The van der Waals surface area contributed by atoms with E-state index in [9.17, 15) is 9.59 Å².